The minimum atomic E-state index is 0.734. The summed E-state index contributed by atoms with van der Waals surface area (Å²) in [6.45, 7) is 4.92. The van der Waals surface area contributed by atoms with E-state index in [2.05, 4.69) is 33.3 Å². The molecule has 0 fully saturated rings. The van der Waals surface area contributed by atoms with Crippen LogP contribution in [0.1, 0.15) is 24.5 Å². The Morgan fingerprint density at radius 2 is 2.27 bits per heavy atom. The van der Waals surface area contributed by atoms with E-state index in [1.54, 1.807) is 0 Å². The third-order valence-electron chi connectivity index (χ3n) is 2.08. The van der Waals surface area contributed by atoms with Crippen LogP contribution in [-0.2, 0) is 0 Å². The van der Waals surface area contributed by atoms with Gasteiger partial charge in [0.15, 0.2) is 0 Å². The number of halogens is 1. The molecule has 1 aromatic rings. The maximum absolute atomic E-state index is 5.44. The highest BCUT2D eigenvalue weighted by Crippen LogP contribution is 2.17. The van der Waals surface area contributed by atoms with E-state index in [1.165, 1.54) is 5.56 Å². The number of nitrogens with two attached hydrogens (primary N) is 1. The van der Waals surface area contributed by atoms with Crippen LogP contribution in [0.15, 0.2) is 27.7 Å². The van der Waals surface area contributed by atoms with Gasteiger partial charge in [-0.2, -0.15) is 0 Å². The summed E-state index contributed by atoms with van der Waals surface area (Å²) in [4.78, 5) is 4.36. The Kier molecular flexibility index (Phi) is 4.78. The minimum Gasteiger partial charge on any atom is -0.308 e. The summed E-state index contributed by atoms with van der Waals surface area (Å²) < 4.78 is 1.07. The molecule has 0 radical (unpaired) electrons. The Hall–Kier alpha value is -0.870. The van der Waals surface area contributed by atoms with Gasteiger partial charge >= 0.3 is 0 Å². The van der Waals surface area contributed by atoms with Gasteiger partial charge in [-0.15, -0.1) is 0 Å². The standard InChI is InChI=1S/C11H16BrN3/c1-3-6-14-11(15-13)9-5-4-8(2)10(12)7-9/h4-5,7H,3,6,13H2,1-2H3,(H,14,15). The molecule has 0 amide bonds. The Labute approximate surface area is 98.9 Å². The van der Waals surface area contributed by atoms with Crippen LogP contribution in [0, 0.1) is 6.92 Å². The van der Waals surface area contributed by atoms with E-state index in [1.807, 2.05) is 25.1 Å². The number of benzene rings is 1. The van der Waals surface area contributed by atoms with E-state index in [0.717, 1.165) is 28.8 Å². The highest BCUT2D eigenvalue weighted by Gasteiger charge is 2.03. The van der Waals surface area contributed by atoms with Crippen molar-refractivity contribution in [2.75, 3.05) is 6.54 Å². The molecule has 0 atom stereocenters. The fourth-order valence-corrected chi connectivity index (χ4v) is 1.56. The molecule has 1 aromatic carbocycles. The monoisotopic (exact) mass is 269 g/mol. The Morgan fingerprint density at radius 3 is 2.80 bits per heavy atom. The fourth-order valence-electron chi connectivity index (χ4n) is 1.18. The Balaban J connectivity index is 2.97. The van der Waals surface area contributed by atoms with Gasteiger partial charge in [0.05, 0.1) is 0 Å². The number of nitrogens with zero attached hydrogens (tertiary/aromatic N) is 1. The molecule has 3 nitrogen and oxygen atoms in total. The summed E-state index contributed by atoms with van der Waals surface area (Å²) in [7, 11) is 0. The summed E-state index contributed by atoms with van der Waals surface area (Å²) in [5, 5.41) is 0. The normalized spacial score (nSPS) is 11.6. The molecule has 0 aliphatic rings. The number of hydrogen-bond donors (Lipinski definition) is 2. The molecule has 15 heavy (non-hydrogen) atoms. The molecular weight excluding hydrogens is 254 g/mol. The number of aliphatic imine (C=N–C) groups is 1. The van der Waals surface area contributed by atoms with Gasteiger partial charge in [-0.3, -0.25) is 4.99 Å². The summed E-state index contributed by atoms with van der Waals surface area (Å²) in [6, 6.07) is 6.07. The summed E-state index contributed by atoms with van der Waals surface area (Å²) >= 11 is 3.49. The largest absolute Gasteiger partial charge is 0.308 e. The minimum absolute atomic E-state index is 0.734. The maximum atomic E-state index is 5.44. The zero-order valence-corrected chi connectivity index (χ0v) is 10.6. The highest BCUT2D eigenvalue weighted by atomic mass is 79.9. The average Bonchev–Trinajstić information content (AvgIpc) is 2.24. The van der Waals surface area contributed by atoms with E-state index in [9.17, 15) is 0 Å². The first-order valence-corrected chi connectivity index (χ1v) is 5.76. The molecule has 0 bridgehead atoms. The first kappa shape index (κ1) is 12.2. The van der Waals surface area contributed by atoms with Crippen molar-refractivity contribution in [3.05, 3.63) is 33.8 Å². The Morgan fingerprint density at radius 1 is 1.53 bits per heavy atom. The van der Waals surface area contributed by atoms with E-state index in [-0.39, 0.29) is 0 Å². The molecule has 4 heteroatoms. The van der Waals surface area contributed by atoms with Gasteiger partial charge in [-0.25, -0.2) is 5.84 Å². The van der Waals surface area contributed by atoms with Crippen LogP contribution in [0.5, 0.6) is 0 Å². The fraction of sp³-hybridized carbons (Fsp3) is 0.364. The van der Waals surface area contributed by atoms with Crippen molar-refractivity contribution in [2.24, 2.45) is 10.8 Å². The molecule has 0 heterocycles. The summed E-state index contributed by atoms with van der Waals surface area (Å²) in [5.74, 6) is 6.17. The first-order chi connectivity index (χ1) is 7.19. The number of amidine groups is 1. The second-order valence-electron chi connectivity index (χ2n) is 3.34. The number of hydrazine groups is 1. The zero-order valence-electron chi connectivity index (χ0n) is 9.05. The van der Waals surface area contributed by atoms with Crippen LogP contribution in [0.4, 0.5) is 0 Å². The molecule has 0 saturated heterocycles. The van der Waals surface area contributed by atoms with Gasteiger partial charge in [0.2, 0.25) is 0 Å². The van der Waals surface area contributed by atoms with Gasteiger partial charge in [-0.1, -0.05) is 35.0 Å². The molecule has 0 spiro atoms. The lowest BCUT2D eigenvalue weighted by molar-refractivity contribution is 0.907. The molecule has 0 unspecified atom stereocenters. The number of rotatable bonds is 3. The zero-order chi connectivity index (χ0) is 11.3. The van der Waals surface area contributed by atoms with Crippen LogP contribution in [0.2, 0.25) is 0 Å². The molecular formula is C11H16BrN3. The van der Waals surface area contributed by atoms with Crippen LogP contribution in [0.3, 0.4) is 0 Å². The lowest BCUT2D eigenvalue weighted by Gasteiger charge is -2.07. The van der Waals surface area contributed by atoms with Crippen molar-refractivity contribution < 1.29 is 0 Å². The third-order valence-corrected chi connectivity index (χ3v) is 2.93. The molecule has 0 saturated carbocycles. The molecule has 82 valence electrons. The van der Waals surface area contributed by atoms with Crippen molar-refractivity contribution in [3.8, 4) is 0 Å². The van der Waals surface area contributed by atoms with Crippen molar-refractivity contribution in [1.82, 2.24) is 5.43 Å². The van der Waals surface area contributed by atoms with Crippen molar-refractivity contribution in [2.45, 2.75) is 20.3 Å². The summed E-state index contributed by atoms with van der Waals surface area (Å²) in [5.41, 5.74) is 4.83. The quantitative estimate of drug-likeness (QED) is 0.383. The van der Waals surface area contributed by atoms with E-state index < -0.39 is 0 Å². The predicted molar refractivity (Wildman–Crippen MR) is 67.9 cm³/mol. The highest BCUT2D eigenvalue weighted by molar-refractivity contribution is 9.10. The molecule has 0 aromatic heterocycles. The SMILES string of the molecule is CCCN=C(NN)c1ccc(C)c(Br)c1. The van der Waals surface area contributed by atoms with Crippen molar-refractivity contribution in [1.29, 1.82) is 0 Å². The number of hydrogen-bond acceptors (Lipinski definition) is 2. The topological polar surface area (TPSA) is 50.4 Å². The Bertz CT molecular complexity index is 361. The number of nitrogens with one attached hydrogen (secondary N) is 1. The van der Waals surface area contributed by atoms with Gasteiger partial charge in [-0.05, 0) is 25.0 Å². The van der Waals surface area contributed by atoms with E-state index in [4.69, 9.17) is 5.84 Å². The molecule has 3 N–H and O–H groups in total. The summed E-state index contributed by atoms with van der Waals surface area (Å²) in [6.07, 6.45) is 1.01. The lowest BCUT2D eigenvalue weighted by Crippen LogP contribution is -2.31. The average molecular weight is 270 g/mol. The van der Waals surface area contributed by atoms with Gasteiger partial charge in [0.25, 0.3) is 0 Å². The van der Waals surface area contributed by atoms with E-state index >= 15 is 0 Å². The van der Waals surface area contributed by atoms with Crippen LogP contribution >= 0.6 is 15.9 Å². The molecule has 0 aliphatic heterocycles. The second-order valence-corrected chi connectivity index (χ2v) is 4.19. The van der Waals surface area contributed by atoms with E-state index in [0.29, 0.717) is 0 Å². The van der Waals surface area contributed by atoms with Crippen molar-refractivity contribution in [3.63, 3.8) is 0 Å². The number of aryl methyl sites for hydroxylation is 1. The molecule has 0 aliphatic carbocycles. The third kappa shape index (κ3) is 3.32. The predicted octanol–water partition coefficient (Wildman–Crippen LogP) is 2.38. The first-order valence-electron chi connectivity index (χ1n) is 4.96. The van der Waals surface area contributed by atoms with Crippen LogP contribution < -0.4 is 11.3 Å². The maximum Gasteiger partial charge on any atom is 0.142 e. The molecule has 1 rings (SSSR count). The van der Waals surface area contributed by atoms with Gasteiger partial charge in [0.1, 0.15) is 5.84 Å². The van der Waals surface area contributed by atoms with Crippen molar-refractivity contribution >= 4 is 21.8 Å². The van der Waals surface area contributed by atoms with Crippen LogP contribution in [-0.4, -0.2) is 12.4 Å². The second kappa shape index (κ2) is 5.88. The van der Waals surface area contributed by atoms with Gasteiger partial charge < -0.3 is 5.43 Å². The van der Waals surface area contributed by atoms with Gasteiger partial charge in [0, 0.05) is 16.6 Å². The smallest absolute Gasteiger partial charge is 0.142 e. The lowest BCUT2D eigenvalue weighted by atomic mass is 10.1. The van der Waals surface area contributed by atoms with Crippen LogP contribution in [0.25, 0.3) is 0 Å².